The Kier molecular flexibility index (Phi) is 5.75. The highest BCUT2D eigenvalue weighted by molar-refractivity contribution is 5.32. The summed E-state index contributed by atoms with van der Waals surface area (Å²) in [6.07, 6.45) is 2.03. The zero-order valence-electron chi connectivity index (χ0n) is 12.9. The van der Waals surface area contributed by atoms with Gasteiger partial charge in [0.2, 0.25) is 5.82 Å². The summed E-state index contributed by atoms with van der Waals surface area (Å²) in [5, 5.41) is 0. The number of hydrogen-bond donors (Lipinski definition) is 0. The second-order valence-electron chi connectivity index (χ2n) is 5.05. The second-order valence-corrected chi connectivity index (χ2v) is 5.05. The van der Waals surface area contributed by atoms with Gasteiger partial charge in [-0.3, -0.25) is 0 Å². The first-order chi connectivity index (χ1) is 10.7. The van der Waals surface area contributed by atoms with E-state index in [1.807, 2.05) is 24.3 Å². The standard InChI is InChI=1S/C18H20F2O2/c1-3-12-22-15-9-5-13(6-10-15)4-7-14-8-11-16(21-2)18(20)17(14)19/h5-6,8-11H,3-4,7,12H2,1-2H3. The zero-order chi connectivity index (χ0) is 15.9. The lowest BCUT2D eigenvalue weighted by atomic mass is 10.0. The normalized spacial score (nSPS) is 10.5. The van der Waals surface area contributed by atoms with Crippen LogP contribution in [0.5, 0.6) is 11.5 Å². The van der Waals surface area contributed by atoms with E-state index in [0.717, 1.165) is 17.7 Å². The fourth-order valence-electron chi connectivity index (χ4n) is 2.17. The van der Waals surface area contributed by atoms with Crippen LogP contribution >= 0.6 is 0 Å². The minimum atomic E-state index is -0.927. The van der Waals surface area contributed by atoms with E-state index in [1.54, 1.807) is 6.07 Å². The molecule has 0 aliphatic rings. The molecule has 0 heterocycles. The molecule has 118 valence electrons. The van der Waals surface area contributed by atoms with Gasteiger partial charge in [0, 0.05) is 0 Å². The molecule has 0 atom stereocenters. The highest BCUT2D eigenvalue weighted by Crippen LogP contribution is 2.23. The monoisotopic (exact) mass is 306 g/mol. The fraction of sp³-hybridized carbons (Fsp3) is 0.333. The van der Waals surface area contributed by atoms with Gasteiger partial charge in [0.1, 0.15) is 5.75 Å². The Morgan fingerprint density at radius 1 is 0.909 bits per heavy atom. The summed E-state index contributed by atoms with van der Waals surface area (Å²) >= 11 is 0. The fourth-order valence-corrected chi connectivity index (χ4v) is 2.17. The van der Waals surface area contributed by atoms with E-state index in [1.165, 1.54) is 13.2 Å². The molecule has 0 fully saturated rings. The van der Waals surface area contributed by atoms with Gasteiger partial charge in [-0.2, -0.15) is 4.39 Å². The maximum Gasteiger partial charge on any atom is 0.200 e. The predicted octanol–water partition coefficient (Wildman–Crippen LogP) is 4.55. The predicted molar refractivity (Wildman–Crippen MR) is 82.5 cm³/mol. The van der Waals surface area contributed by atoms with Crippen LogP contribution in [-0.4, -0.2) is 13.7 Å². The Morgan fingerprint density at radius 3 is 2.27 bits per heavy atom. The van der Waals surface area contributed by atoms with E-state index in [4.69, 9.17) is 9.47 Å². The molecule has 0 aromatic heterocycles. The van der Waals surface area contributed by atoms with Crippen LogP contribution in [-0.2, 0) is 12.8 Å². The molecule has 0 spiro atoms. The van der Waals surface area contributed by atoms with Crippen molar-refractivity contribution in [3.8, 4) is 11.5 Å². The number of aryl methyl sites for hydroxylation is 2. The van der Waals surface area contributed by atoms with Crippen LogP contribution in [0, 0.1) is 11.6 Å². The van der Waals surface area contributed by atoms with Crippen molar-refractivity contribution in [2.75, 3.05) is 13.7 Å². The second kappa shape index (κ2) is 7.78. The SMILES string of the molecule is CCCOc1ccc(CCc2ccc(OC)c(F)c2F)cc1. The van der Waals surface area contributed by atoms with Crippen molar-refractivity contribution in [3.63, 3.8) is 0 Å². The van der Waals surface area contributed by atoms with Crippen molar-refractivity contribution in [3.05, 3.63) is 59.2 Å². The topological polar surface area (TPSA) is 18.5 Å². The molecule has 0 bridgehead atoms. The lowest BCUT2D eigenvalue weighted by Gasteiger charge is -2.08. The van der Waals surface area contributed by atoms with Gasteiger partial charge >= 0.3 is 0 Å². The molecular formula is C18H20F2O2. The maximum atomic E-state index is 13.9. The third-order valence-electron chi connectivity index (χ3n) is 3.43. The Balaban J connectivity index is 1.99. The number of ether oxygens (including phenoxy) is 2. The summed E-state index contributed by atoms with van der Waals surface area (Å²) in [6, 6.07) is 10.7. The van der Waals surface area contributed by atoms with Crippen LogP contribution in [0.15, 0.2) is 36.4 Å². The molecule has 2 nitrogen and oxygen atoms in total. The molecule has 2 rings (SSSR count). The molecule has 0 saturated carbocycles. The highest BCUT2D eigenvalue weighted by Gasteiger charge is 2.13. The molecule has 0 aliphatic heterocycles. The molecule has 2 aromatic rings. The summed E-state index contributed by atoms with van der Waals surface area (Å²) < 4.78 is 37.8. The van der Waals surface area contributed by atoms with Gasteiger partial charge in [-0.1, -0.05) is 25.1 Å². The molecular weight excluding hydrogens is 286 g/mol. The van der Waals surface area contributed by atoms with Crippen molar-refractivity contribution >= 4 is 0 Å². The van der Waals surface area contributed by atoms with Gasteiger partial charge in [-0.05, 0) is 48.6 Å². The average molecular weight is 306 g/mol. The largest absolute Gasteiger partial charge is 0.494 e. The van der Waals surface area contributed by atoms with E-state index in [-0.39, 0.29) is 5.75 Å². The molecule has 22 heavy (non-hydrogen) atoms. The number of methoxy groups -OCH3 is 1. The number of benzene rings is 2. The van der Waals surface area contributed by atoms with Crippen LogP contribution < -0.4 is 9.47 Å². The third kappa shape index (κ3) is 3.97. The van der Waals surface area contributed by atoms with Gasteiger partial charge in [0.25, 0.3) is 0 Å². The van der Waals surface area contributed by atoms with Crippen LogP contribution in [0.25, 0.3) is 0 Å². The van der Waals surface area contributed by atoms with Gasteiger partial charge < -0.3 is 9.47 Å². The Labute approximate surface area is 129 Å². The number of hydrogen-bond acceptors (Lipinski definition) is 2. The van der Waals surface area contributed by atoms with E-state index in [2.05, 4.69) is 6.92 Å². The summed E-state index contributed by atoms with van der Waals surface area (Å²) in [6.45, 7) is 2.74. The Morgan fingerprint density at radius 2 is 1.64 bits per heavy atom. The molecule has 0 N–H and O–H groups in total. The van der Waals surface area contributed by atoms with Crippen molar-refractivity contribution in [1.82, 2.24) is 0 Å². The highest BCUT2D eigenvalue weighted by atomic mass is 19.2. The van der Waals surface area contributed by atoms with E-state index in [9.17, 15) is 8.78 Å². The molecule has 2 aromatic carbocycles. The van der Waals surface area contributed by atoms with Crippen LogP contribution in [0.1, 0.15) is 24.5 Å². The summed E-state index contributed by atoms with van der Waals surface area (Å²) in [4.78, 5) is 0. The number of rotatable bonds is 7. The first-order valence-corrected chi connectivity index (χ1v) is 7.38. The smallest absolute Gasteiger partial charge is 0.200 e. The molecule has 0 radical (unpaired) electrons. The minimum absolute atomic E-state index is 0.0707. The molecule has 0 unspecified atom stereocenters. The zero-order valence-corrected chi connectivity index (χ0v) is 12.9. The van der Waals surface area contributed by atoms with Gasteiger partial charge in [0.15, 0.2) is 11.6 Å². The lowest BCUT2D eigenvalue weighted by molar-refractivity contribution is 0.317. The third-order valence-corrected chi connectivity index (χ3v) is 3.43. The molecule has 0 aliphatic carbocycles. The van der Waals surface area contributed by atoms with Crippen molar-refractivity contribution in [2.24, 2.45) is 0 Å². The molecule has 0 amide bonds. The van der Waals surface area contributed by atoms with E-state index < -0.39 is 11.6 Å². The quantitative estimate of drug-likeness (QED) is 0.747. The van der Waals surface area contributed by atoms with Crippen molar-refractivity contribution < 1.29 is 18.3 Å². The first-order valence-electron chi connectivity index (χ1n) is 7.38. The van der Waals surface area contributed by atoms with Gasteiger partial charge in [0.05, 0.1) is 13.7 Å². The summed E-state index contributed by atoms with van der Waals surface area (Å²) in [7, 11) is 1.32. The van der Waals surface area contributed by atoms with Crippen LogP contribution in [0.3, 0.4) is 0 Å². The van der Waals surface area contributed by atoms with Gasteiger partial charge in [-0.25, -0.2) is 4.39 Å². The van der Waals surface area contributed by atoms with E-state index >= 15 is 0 Å². The Hall–Kier alpha value is -2.10. The van der Waals surface area contributed by atoms with Crippen LogP contribution in [0.4, 0.5) is 8.78 Å². The lowest BCUT2D eigenvalue weighted by Crippen LogP contribution is -2.00. The summed E-state index contributed by atoms with van der Waals surface area (Å²) in [5.74, 6) is -1.00. The number of halogens is 2. The van der Waals surface area contributed by atoms with Crippen molar-refractivity contribution in [2.45, 2.75) is 26.2 Å². The van der Waals surface area contributed by atoms with Gasteiger partial charge in [-0.15, -0.1) is 0 Å². The van der Waals surface area contributed by atoms with Crippen molar-refractivity contribution in [1.29, 1.82) is 0 Å². The van der Waals surface area contributed by atoms with Crippen LogP contribution in [0.2, 0.25) is 0 Å². The summed E-state index contributed by atoms with van der Waals surface area (Å²) in [5.41, 5.74) is 1.41. The molecule has 4 heteroatoms. The van der Waals surface area contributed by atoms with E-state index in [0.29, 0.717) is 25.0 Å². The average Bonchev–Trinajstić information content (AvgIpc) is 2.55. The maximum absolute atomic E-state index is 13.9. The molecule has 0 saturated heterocycles. The Bertz CT molecular complexity index is 609. The minimum Gasteiger partial charge on any atom is -0.494 e. The first kappa shape index (κ1) is 16.3.